The molecule has 1 amide bonds. The Hall–Kier alpha value is -1.62. The fourth-order valence-electron chi connectivity index (χ4n) is 2.51. The van der Waals surface area contributed by atoms with Crippen LogP contribution in [0.4, 0.5) is 0 Å². The fourth-order valence-corrected chi connectivity index (χ4v) is 2.51. The van der Waals surface area contributed by atoms with E-state index in [4.69, 9.17) is 4.74 Å². The molecule has 0 radical (unpaired) electrons. The number of piperidine rings is 1. The molecule has 0 saturated carbocycles. The molecule has 0 bridgehead atoms. The zero-order valence-corrected chi connectivity index (χ0v) is 13.1. The van der Waals surface area contributed by atoms with E-state index in [0.29, 0.717) is 12.4 Å². The Morgan fingerprint density at radius 3 is 3.00 bits per heavy atom. The van der Waals surface area contributed by atoms with Gasteiger partial charge < -0.3 is 15.4 Å². The first-order valence-electron chi connectivity index (χ1n) is 7.65. The van der Waals surface area contributed by atoms with Crippen LogP contribution in [0, 0.1) is 0 Å². The smallest absolute Gasteiger partial charge is 0.240 e. The van der Waals surface area contributed by atoms with E-state index < -0.39 is 5.54 Å². The van der Waals surface area contributed by atoms with Gasteiger partial charge in [0.15, 0.2) is 0 Å². The second-order valence-corrected chi connectivity index (χ2v) is 6.03. The number of aromatic nitrogens is 1. The van der Waals surface area contributed by atoms with Crippen LogP contribution in [0.1, 0.15) is 45.6 Å². The average molecular weight is 291 g/mol. The van der Waals surface area contributed by atoms with E-state index in [1.54, 1.807) is 6.20 Å². The Kier molecular flexibility index (Phi) is 5.17. The molecule has 0 spiro atoms. The van der Waals surface area contributed by atoms with Gasteiger partial charge in [-0.3, -0.25) is 4.79 Å². The molecule has 0 aliphatic carbocycles. The Morgan fingerprint density at radius 2 is 2.33 bits per heavy atom. The first kappa shape index (κ1) is 15.8. The number of nitrogens with zero attached hydrogens (tertiary/aromatic N) is 1. The van der Waals surface area contributed by atoms with Crippen LogP contribution in [-0.2, 0) is 11.3 Å². The van der Waals surface area contributed by atoms with Crippen molar-refractivity contribution in [1.82, 2.24) is 15.6 Å². The van der Waals surface area contributed by atoms with Gasteiger partial charge in [0.1, 0.15) is 0 Å². The highest BCUT2D eigenvalue weighted by Crippen LogP contribution is 2.20. The lowest BCUT2D eigenvalue weighted by Gasteiger charge is -2.33. The van der Waals surface area contributed by atoms with E-state index in [0.717, 1.165) is 31.4 Å². The predicted molar refractivity (Wildman–Crippen MR) is 82.1 cm³/mol. The number of ether oxygens (including phenoxy) is 1. The lowest BCUT2D eigenvalue weighted by Crippen LogP contribution is -2.56. The number of amides is 1. The molecule has 1 saturated heterocycles. The van der Waals surface area contributed by atoms with E-state index in [-0.39, 0.29) is 12.0 Å². The maximum atomic E-state index is 12.4. The summed E-state index contributed by atoms with van der Waals surface area (Å²) in [5, 5.41) is 6.32. The molecule has 1 aliphatic rings. The SMILES string of the molecule is CC(C)Oc1ncccc1CNC(=O)C1(C)CCCCN1. The fraction of sp³-hybridized carbons (Fsp3) is 0.625. The summed E-state index contributed by atoms with van der Waals surface area (Å²) < 4.78 is 5.67. The first-order valence-corrected chi connectivity index (χ1v) is 7.65. The Balaban J connectivity index is 1.98. The van der Waals surface area contributed by atoms with Gasteiger partial charge in [-0.05, 0) is 52.6 Å². The summed E-state index contributed by atoms with van der Waals surface area (Å²) in [4.78, 5) is 16.6. The molecule has 21 heavy (non-hydrogen) atoms. The van der Waals surface area contributed by atoms with Crippen LogP contribution in [-0.4, -0.2) is 29.1 Å². The van der Waals surface area contributed by atoms with Crippen molar-refractivity contribution in [3.8, 4) is 5.88 Å². The van der Waals surface area contributed by atoms with Gasteiger partial charge in [-0.15, -0.1) is 0 Å². The number of carbonyl (C=O) groups excluding carboxylic acids is 1. The Morgan fingerprint density at radius 1 is 1.52 bits per heavy atom. The highest BCUT2D eigenvalue weighted by molar-refractivity contribution is 5.86. The van der Waals surface area contributed by atoms with Crippen molar-refractivity contribution in [3.05, 3.63) is 23.9 Å². The van der Waals surface area contributed by atoms with E-state index in [2.05, 4.69) is 15.6 Å². The molecule has 1 aromatic rings. The molecule has 2 rings (SSSR count). The summed E-state index contributed by atoms with van der Waals surface area (Å²) in [6, 6.07) is 3.79. The third-order valence-corrected chi connectivity index (χ3v) is 3.76. The summed E-state index contributed by atoms with van der Waals surface area (Å²) in [6.07, 6.45) is 4.87. The normalized spacial score (nSPS) is 22.1. The van der Waals surface area contributed by atoms with Crippen LogP contribution in [0.3, 0.4) is 0 Å². The topological polar surface area (TPSA) is 63.2 Å². The lowest BCUT2D eigenvalue weighted by atomic mass is 9.90. The number of pyridine rings is 1. The van der Waals surface area contributed by atoms with E-state index >= 15 is 0 Å². The molecule has 2 heterocycles. The summed E-state index contributed by atoms with van der Waals surface area (Å²) in [5.74, 6) is 0.635. The number of hydrogen-bond donors (Lipinski definition) is 2. The van der Waals surface area contributed by atoms with Crippen molar-refractivity contribution in [2.24, 2.45) is 0 Å². The number of hydrogen-bond acceptors (Lipinski definition) is 4. The third-order valence-electron chi connectivity index (χ3n) is 3.76. The van der Waals surface area contributed by atoms with Gasteiger partial charge in [-0.1, -0.05) is 6.07 Å². The van der Waals surface area contributed by atoms with Gasteiger partial charge >= 0.3 is 0 Å². The van der Waals surface area contributed by atoms with Gasteiger partial charge in [-0.2, -0.15) is 0 Å². The van der Waals surface area contributed by atoms with E-state index in [9.17, 15) is 4.79 Å². The van der Waals surface area contributed by atoms with Crippen LogP contribution in [0.5, 0.6) is 5.88 Å². The molecule has 1 unspecified atom stereocenters. The van der Waals surface area contributed by atoms with E-state index in [1.165, 1.54) is 0 Å². The van der Waals surface area contributed by atoms with Crippen molar-refractivity contribution >= 4 is 5.91 Å². The highest BCUT2D eigenvalue weighted by atomic mass is 16.5. The molecule has 1 aromatic heterocycles. The molecule has 1 aliphatic heterocycles. The molecular weight excluding hydrogens is 266 g/mol. The van der Waals surface area contributed by atoms with Crippen LogP contribution in [0.15, 0.2) is 18.3 Å². The van der Waals surface area contributed by atoms with Crippen molar-refractivity contribution in [2.45, 2.75) is 58.2 Å². The number of carbonyl (C=O) groups is 1. The molecular formula is C16H25N3O2. The second-order valence-electron chi connectivity index (χ2n) is 6.03. The quantitative estimate of drug-likeness (QED) is 0.871. The minimum atomic E-state index is -0.459. The molecule has 5 nitrogen and oxygen atoms in total. The lowest BCUT2D eigenvalue weighted by molar-refractivity contribution is -0.128. The maximum absolute atomic E-state index is 12.4. The summed E-state index contributed by atoms with van der Waals surface area (Å²) in [7, 11) is 0. The van der Waals surface area contributed by atoms with Crippen LogP contribution in [0.2, 0.25) is 0 Å². The van der Waals surface area contributed by atoms with Gasteiger partial charge in [-0.25, -0.2) is 4.98 Å². The van der Waals surface area contributed by atoms with Crippen LogP contribution < -0.4 is 15.4 Å². The summed E-state index contributed by atoms with van der Waals surface area (Å²) >= 11 is 0. The number of rotatable bonds is 5. The predicted octanol–water partition coefficient (Wildman–Crippen LogP) is 2.02. The zero-order chi connectivity index (χ0) is 15.3. The van der Waals surface area contributed by atoms with Gasteiger partial charge in [0, 0.05) is 18.3 Å². The minimum absolute atomic E-state index is 0.0431. The summed E-state index contributed by atoms with van der Waals surface area (Å²) in [5.41, 5.74) is 0.443. The monoisotopic (exact) mass is 291 g/mol. The Labute approximate surface area is 126 Å². The maximum Gasteiger partial charge on any atom is 0.240 e. The molecule has 116 valence electrons. The molecule has 1 atom stereocenters. The average Bonchev–Trinajstić information content (AvgIpc) is 2.46. The van der Waals surface area contributed by atoms with Crippen molar-refractivity contribution in [1.29, 1.82) is 0 Å². The number of nitrogens with one attached hydrogen (secondary N) is 2. The summed E-state index contributed by atoms with van der Waals surface area (Å²) in [6.45, 7) is 7.23. The van der Waals surface area contributed by atoms with Crippen molar-refractivity contribution in [2.75, 3.05) is 6.54 Å². The van der Waals surface area contributed by atoms with Gasteiger partial charge in [0.2, 0.25) is 11.8 Å². The zero-order valence-electron chi connectivity index (χ0n) is 13.1. The van der Waals surface area contributed by atoms with Gasteiger partial charge in [0.05, 0.1) is 11.6 Å². The largest absolute Gasteiger partial charge is 0.475 e. The molecule has 1 fully saturated rings. The van der Waals surface area contributed by atoms with Crippen LogP contribution >= 0.6 is 0 Å². The molecule has 5 heteroatoms. The second kappa shape index (κ2) is 6.89. The van der Waals surface area contributed by atoms with Gasteiger partial charge in [0.25, 0.3) is 0 Å². The van der Waals surface area contributed by atoms with E-state index in [1.807, 2.05) is 32.9 Å². The first-order chi connectivity index (χ1) is 10.0. The Bertz CT molecular complexity index is 482. The van der Waals surface area contributed by atoms with Crippen molar-refractivity contribution in [3.63, 3.8) is 0 Å². The highest BCUT2D eigenvalue weighted by Gasteiger charge is 2.33. The third kappa shape index (κ3) is 4.17. The van der Waals surface area contributed by atoms with Crippen molar-refractivity contribution < 1.29 is 9.53 Å². The molecule has 0 aromatic carbocycles. The molecule has 2 N–H and O–H groups in total. The standard InChI is InChI=1S/C16H25N3O2/c1-12(2)21-14-13(7-6-9-17-14)11-18-15(20)16(3)8-4-5-10-19-16/h6-7,9,12,19H,4-5,8,10-11H2,1-3H3,(H,18,20). The van der Waals surface area contributed by atoms with Crippen LogP contribution in [0.25, 0.3) is 0 Å². The minimum Gasteiger partial charge on any atom is -0.475 e.